The molecule has 0 aliphatic heterocycles. The fourth-order valence-electron chi connectivity index (χ4n) is 5.10. The van der Waals surface area contributed by atoms with Crippen LogP contribution in [0, 0.1) is 29.1 Å². The number of hydrogen-bond acceptors (Lipinski definition) is 6. The molecule has 0 radical (unpaired) electrons. The topological polar surface area (TPSA) is 141 Å². The molecular formula is C29H28F5N3O6S. The first-order valence-electron chi connectivity index (χ1n) is 13.4. The van der Waals surface area contributed by atoms with E-state index in [0.29, 0.717) is 18.5 Å². The lowest BCUT2D eigenvalue weighted by atomic mass is 9.84. The summed E-state index contributed by atoms with van der Waals surface area (Å²) in [5, 5.41) is 19.5. The minimum Gasteiger partial charge on any atom is -0.507 e. The number of sulfonamides is 1. The maximum Gasteiger partial charge on any atom is 0.339 e. The average molecular weight is 642 g/mol. The van der Waals surface area contributed by atoms with Gasteiger partial charge in [0.05, 0.1) is 6.54 Å². The quantitative estimate of drug-likeness (QED) is 0.130. The van der Waals surface area contributed by atoms with Crippen molar-refractivity contribution < 1.29 is 50.2 Å². The van der Waals surface area contributed by atoms with Gasteiger partial charge in [-0.1, -0.05) is 43.5 Å². The molecule has 1 saturated carbocycles. The number of aromatic hydroxyl groups is 1. The molecule has 3 aromatic carbocycles. The molecule has 0 spiro atoms. The maximum atomic E-state index is 14.4. The molecule has 1 atom stereocenters. The molecule has 1 aliphatic rings. The third-order valence-corrected chi connectivity index (χ3v) is 9.50. The molecule has 0 aromatic heterocycles. The van der Waals surface area contributed by atoms with Gasteiger partial charge in [-0.15, -0.1) is 0 Å². The number of anilines is 1. The fraction of sp³-hybridized carbons (Fsp3) is 0.310. The van der Waals surface area contributed by atoms with Gasteiger partial charge in [0.2, 0.25) is 5.82 Å². The maximum absolute atomic E-state index is 14.4. The first-order chi connectivity index (χ1) is 20.7. The molecule has 0 bridgehead atoms. The van der Waals surface area contributed by atoms with Crippen LogP contribution < -0.4 is 10.6 Å². The molecule has 1 aliphatic carbocycles. The summed E-state index contributed by atoms with van der Waals surface area (Å²) in [5.41, 5.74) is 6.87. The first-order valence-corrected chi connectivity index (χ1v) is 14.8. The van der Waals surface area contributed by atoms with Crippen LogP contribution >= 0.6 is 0 Å². The highest BCUT2D eigenvalue weighted by atomic mass is 32.2. The average Bonchev–Trinajstić information content (AvgIpc) is 3.01. The van der Waals surface area contributed by atoms with E-state index in [1.807, 2.05) is 12.1 Å². The second kappa shape index (κ2) is 12.9. The number of nitrogens with two attached hydrogens (primary N) is 1. The van der Waals surface area contributed by atoms with Crippen molar-refractivity contribution in [2.45, 2.75) is 55.6 Å². The number of carboxylic acids is 1. The number of carbonyl (C=O) groups is 2. The number of nitrogens with zero attached hydrogens (tertiary/aromatic N) is 2. The van der Waals surface area contributed by atoms with Gasteiger partial charge in [0, 0.05) is 18.8 Å². The molecule has 9 nitrogen and oxygen atoms in total. The highest BCUT2D eigenvalue weighted by molar-refractivity contribution is 7.89. The number of likely N-dealkylation sites (N-methyl/N-ethyl adjacent to an activating group) is 1. The van der Waals surface area contributed by atoms with Gasteiger partial charge >= 0.3 is 5.97 Å². The lowest BCUT2D eigenvalue weighted by Gasteiger charge is -2.30. The molecule has 4 rings (SSSR count). The smallest absolute Gasteiger partial charge is 0.339 e. The molecule has 0 saturated heterocycles. The second-order valence-corrected chi connectivity index (χ2v) is 12.3. The van der Waals surface area contributed by atoms with Gasteiger partial charge in [0.15, 0.2) is 34.3 Å². The molecule has 0 heterocycles. The minimum absolute atomic E-state index is 0.0573. The van der Waals surface area contributed by atoms with E-state index >= 15 is 0 Å². The molecule has 3 aromatic rings. The van der Waals surface area contributed by atoms with Crippen molar-refractivity contribution in [2.75, 3.05) is 11.9 Å². The van der Waals surface area contributed by atoms with Gasteiger partial charge in [-0.2, -0.15) is 4.31 Å². The largest absolute Gasteiger partial charge is 0.507 e. The molecule has 236 valence electrons. The van der Waals surface area contributed by atoms with Crippen LogP contribution in [0.3, 0.4) is 0 Å². The Morgan fingerprint density at radius 3 is 1.98 bits per heavy atom. The number of amides is 1. The molecule has 1 fully saturated rings. The summed E-state index contributed by atoms with van der Waals surface area (Å²) in [6.07, 6.45) is 3.13. The summed E-state index contributed by atoms with van der Waals surface area (Å²) in [5.74, 6) is -16.0. The van der Waals surface area contributed by atoms with E-state index in [1.165, 1.54) is 0 Å². The number of carbonyl (C=O) groups excluding carboxylic acids is 1. The number of rotatable bonds is 9. The van der Waals surface area contributed by atoms with Gasteiger partial charge in [0.25, 0.3) is 15.9 Å². The van der Waals surface area contributed by atoms with Crippen LogP contribution in [-0.2, 0) is 21.4 Å². The van der Waals surface area contributed by atoms with Gasteiger partial charge < -0.3 is 20.8 Å². The molecule has 44 heavy (non-hydrogen) atoms. The van der Waals surface area contributed by atoms with Crippen molar-refractivity contribution in [1.29, 1.82) is 0 Å². The number of hydrogen-bond donors (Lipinski definition) is 3. The van der Waals surface area contributed by atoms with Crippen molar-refractivity contribution in [3.05, 3.63) is 88.2 Å². The van der Waals surface area contributed by atoms with E-state index in [-0.39, 0.29) is 16.5 Å². The van der Waals surface area contributed by atoms with E-state index in [2.05, 4.69) is 0 Å². The number of benzene rings is 3. The Balaban J connectivity index is 1.71. The zero-order chi connectivity index (χ0) is 32.5. The molecular weight excluding hydrogens is 613 g/mol. The fourth-order valence-corrected chi connectivity index (χ4v) is 6.41. The minimum atomic E-state index is -5.60. The van der Waals surface area contributed by atoms with Crippen molar-refractivity contribution in [1.82, 2.24) is 4.31 Å². The van der Waals surface area contributed by atoms with Crippen LogP contribution in [0.15, 0.2) is 47.4 Å². The Kier molecular flexibility index (Phi) is 9.61. The standard InChI is InChI=1S/C29H28F5N3O6S/c1-36(44(42,43)26-24(33)22(31)21(30)23(32)25(26)34)27(35)28(39)37(18-11-12-19(29(40)41)20(38)13-18)14-15-7-9-17(10-8-15)16-5-3-2-4-6-16/h7-13,16,27,38H,2-6,14,35H2,1H3,(H,40,41)/t27-/m1/s1. The van der Waals surface area contributed by atoms with Crippen LogP contribution in [0.25, 0.3) is 0 Å². The molecule has 0 unspecified atom stereocenters. The lowest BCUT2D eigenvalue weighted by Crippen LogP contribution is -2.54. The van der Waals surface area contributed by atoms with Gasteiger partial charge in [-0.3, -0.25) is 4.79 Å². The number of phenols is 1. The van der Waals surface area contributed by atoms with Crippen LogP contribution in [0.5, 0.6) is 5.75 Å². The van der Waals surface area contributed by atoms with Gasteiger partial charge in [-0.05, 0) is 42.0 Å². The number of halogens is 5. The third kappa shape index (κ3) is 6.25. The Morgan fingerprint density at radius 2 is 1.45 bits per heavy atom. The molecule has 15 heteroatoms. The van der Waals surface area contributed by atoms with Crippen LogP contribution in [0.2, 0.25) is 0 Å². The second-order valence-electron chi connectivity index (χ2n) is 10.4. The molecule has 4 N–H and O–H groups in total. The van der Waals surface area contributed by atoms with Crippen molar-refractivity contribution in [3.8, 4) is 5.75 Å². The van der Waals surface area contributed by atoms with Gasteiger partial charge in [0.1, 0.15) is 11.3 Å². The number of aromatic carboxylic acids is 1. The third-order valence-electron chi connectivity index (χ3n) is 7.64. The summed E-state index contributed by atoms with van der Waals surface area (Å²) in [6.45, 7) is -0.292. The lowest BCUT2D eigenvalue weighted by molar-refractivity contribution is -0.122. The van der Waals surface area contributed by atoms with E-state index in [4.69, 9.17) is 5.73 Å². The Labute approximate surface area is 249 Å². The van der Waals surface area contributed by atoms with Crippen LogP contribution in [0.4, 0.5) is 27.6 Å². The predicted octanol–water partition coefficient (Wildman–Crippen LogP) is 4.97. The summed E-state index contributed by atoms with van der Waals surface area (Å²) in [6, 6.07) is 10.2. The van der Waals surface area contributed by atoms with Crippen molar-refractivity contribution in [2.24, 2.45) is 5.73 Å². The zero-order valence-corrected chi connectivity index (χ0v) is 24.1. The summed E-state index contributed by atoms with van der Waals surface area (Å²) < 4.78 is 96.0. The monoisotopic (exact) mass is 641 g/mol. The van der Waals surface area contributed by atoms with E-state index in [1.54, 1.807) is 12.1 Å². The van der Waals surface area contributed by atoms with Crippen molar-refractivity contribution in [3.63, 3.8) is 0 Å². The van der Waals surface area contributed by atoms with Crippen LogP contribution in [0.1, 0.15) is 59.5 Å². The number of carboxylic acid groups (broad SMARTS) is 1. The molecule has 1 amide bonds. The van der Waals surface area contributed by atoms with Gasteiger partial charge in [-0.25, -0.2) is 35.2 Å². The first kappa shape index (κ1) is 32.8. The Hall–Kier alpha value is -4.08. The van der Waals surface area contributed by atoms with Crippen LogP contribution in [-0.4, -0.2) is 48.0 Å². The Morgan fingerprint density at radius 1 is 0.909 bits per heavy atom. The normalized spacial score (nSPS) is 14.9. The highest BCUT2D eigenvalue weighted by Crippen LogP contribution is 2.34. The van der Waals surface area contributed by atoms with E-state index < -0.39 is 73.4 Å². The highest BCUT2D eigenvalue weighted by Gasteiger charge is 2.40. The summed E-state index contributed by atoms with van der Waals surface area (Å²) in [7, 11) is -4.99. The van der Waals surface area contributed by atoms with Crippen molar-refractivity contribution >= 4 is 27.6 Å². The summed E-state index contributed by atoms with van der Waals surface area (Å²) in [4.78, 5) is 23.7. The predicted molar refractivity (Wildman–Crippen MR) is 148 cm³/mol. The SMILES string of the molecule is CN([C@@H](N)C(=O)N(Cc1ccc(C2CCCCC2)cc1)c1ccc(C(=O)O)c(O)c1)S(=O)(=O)c1c(F)c(F)c(F)c(F)c1F. The summed E-state index contributed by atoms with van der Waals surface area (Å²) >= 11 is 0. The Bertz CT molecular complexity index is 1670. The van der Waals surface area contributed by atoms with E-state index in [9.17, 15) is 50.2 Å². The van der Waals surface area contributed by atoms with E-state index in [0.717, 1.165) is 60.8 Å². The zero-order valence-electron chi connectivity index (χ0n) is 23.2.